The Hall–Kier alpha value is -3.95. The van der Waals surface area contributed by atoms with E-state index < -0.39 is 29.6 Å². The van der Waals surface area contributed by atoms with Crippen molar-refractivity contribution in [2.45, 2.75) is 25.6 Å². The summed E-state index contributed by atoms with van der Waals surface area (Å²) in [5.74, 6) is -1.38. The van der Waals surface area contributed by atoms with Gasteiger partial charge in [-0.15, -0.1) is 13.2 Å². The lowest BCUT2D eigenvalue weighted by atomic mass is 9.88. The molecule has 0 aliphatic carbocycles. The van der Waals surface area contributed by atoms with Crippen LogP contribution in [0.1, 0.15) is 29.2 Å². The van der Waals surface area contributed by atoms with Crippen LogP contribution in [-0.2, 0) is 4.79 Å². The fourth-order valence-electron chi connectivity index (χ4n) is 3.29. The maximum atomic E-state index is 12.7. The minimum absolute atomic E-state index is 0.0881. The summed E-state index contributed by atoms with van der Waals surface area (Å²) in [4.78, 5) is 25.2. The monoisotopic (exact) mass is 463 g/mol. The van der Waals surface area contributed by atoms with E-state index >= 15 is 0 Å². The van der Waals surface area contributed by atoms with Crippen molar-refractivity contribution in [3.05, 3.63) is 81.9 Å². The summed E-state index contributed by atoms with van der Waals surface area (Å²) in [5.41, 5.74) is -0.0980. The average molecular weight is 463 g/mol. The number of alkyl halides is 3. The highest BCUT2D eigenvalue weighted by Crippen LogP contribution is 2.33. The molecule has 1 heterocycles. The zero-order valence-corrected chi connectivity index (χ0v) is 17.6. The van der Waals surface area contributed by atoms with Gasteiger partial charge in [-0.1, -0.05) is 12.1 Å². The van der Waals surface area contributed by atoms with Crippen LogP contribution in [0.15, 0.2) is 63.8 Å². The van der Waals surface area contributed by atoms with Gasteiger partial charge in [0.2, 0.25) is 5.91 Å². The number of amides is 1. The predicted octanol–water partition coefficient (Wildman–Crippen LogP) is 4.72. The number of hydrogen-bond acceptors (Lipinski definition) is 6. The zero-order chi connectivity index (χ0) is 24.2. The summed E-state index contributed by atoms with van der Waals surface area (Å²) in [6.45, 7) is 1.51. The van der Waals surface area contributed by atoms with Crippen LogP contribution in [0, 0.1) is 6.92 Å². The second-order valence-corrected chi connectivity index (χ2v) is 7.09. The van der Waals surface area contributed by atoms with Crippen molar-refractivity contribution in [1.82, 2.24) is 0 Å². The van der Waals surface area contributed by atoms with E-state index in [1.165, 1.54) is 32.2 Å². The van der Waals surface area contributed by atoms with E-state index in [1.807, 2.05) is 0 Å². The first-order valence-corrected chi connectivity index (χ1v) is 9.69. The van der Waals surface area contributed by atoms with Crippen LogP contribution < -0.4 is 20.4 Å². The summed E-state index contributed by atoms with van der Waals surface area (Å²) in [7, 11) is 1.49. The summed E-state index contributed by atoms with van der Waals surface area (Å²) >= 11 is 0. The first kappa shape index (κ1) is 23.7. The van der Waals surface area contributed by atoms with Gasteiger partial charge in [0.15, 0.2) is 0 Å². The van der Waals surface area contributed by atoms with Crippen molar-refractivity contribution in [3.8, 4) is 17.2 Å². The largest absolute Gasteiger partial charge is 0.573 e. The molecule has 0 saturated heterocycles. The van der Waals surface area contributed by atoms with Gasteiger partial charge in [-0.2, -0.15) is 0 Å². The fraction of sp³-hybridized carbons (Fsp3) is 0.217. The molecule has 174 valence electrons. The molecule has 0 fully saturated rings. The Bertz CT molecular complexity index is 1170. The summed E-state index contributed by atoms with van der Waals surface area (Å²) in [5, 5.41) is 13.0. The molecule has 2 aromatic carbocycles. The highest BCUT2D eigenvalue weighted by Gasteiger charge is 2.31. The van der Waals surface area contributed by atoms with E-state index in [0.29, 0.717) is 11.3 Å². The van der Waals surface area contributed by atoms with Crippen molar-refractivity contribution < 1.29 is 37.0 Å². The number of benzene rings is 2. The molecule has 1 atom stereocenters. The van der Waals surface area contributed by atoms with Crippen LogP contribution in [0.2, 0.25) is 0 Å². The van der Waals surface area contributed by atoms with E-state index in [4.69, 9.17) is 9.15 Å². The van der Waals surface area contributed by atoms with E-state index in [9.17, 15) is 27.9 Å². The molecule has 10 heteroatoms. The van der Waals surface area contributed by atoms with Crippen molar-refractivity contribution in [1.29, 1.82) is 0 Å². The van der Waals surface area contributed by atoms with Gasteiger partial charge in [-0.25, -0.2) is 4.79 Å². The van der Waals surface area contributed by atoms with E-state index in [2.05, 4.69) is 10.1 Å². The number of nitrogens with one attached hydrogen (secondary N) is 1. The van der Waals surface area contributed by atoms with Gasteiger partial charge in [0.25, 0.3) is 0 Å². The molecule has 1 aromatic heterocycles. The Morgan fingerprint density at radius 3 is 2.24 bits per heavy atom. The van der Waals surface area contributed by atoms with Crippen molar-refractivity contribution in [3.63, 3.8) is 0 Å². The first-order valence-electron chi connectivity index (χ1n) is 9.69. The molecule has 1 amide bonds. The highest BCUT2D eigenvalue weighted by molar-refractivity contribution is 5.91. The summed E-state index contributed by atoms with van der Waals surface area (Å²) < 4.78 is 50.9. The SMILES string of the molecule is COc1ccc(C(CC(=O)Nc2ccc(OC(F)(F)F)cc2)c2c(O)cc(C)oc2=O)cc1. The average Bonchev–Trinajstić information content (AvgIpc) is 2.73. The van der Waals surface area contributed by atoms with Crippen LogP contribution >= 0.6 is 0 Å². The molecular formula is C23H20F3NO6. The number of ether oxygens (including phenoxy) is 2. The number of carbonyl (C=O) groups excluding carboxylic acids is 1. The first-order chi connectivity index (χ1) is 15.6. The minimum Gasteiger partial charge on any atom is -0.507 e. The number of aromatic hydroxyl groups is 1. The molecule has 0 aliphatic heterocycles. The number of aryl methyl sites for hydroxylation is 1. The molecule has 0 aliphatic rings. The van der Waals surface area contributed by atoms with Crippen LogP contribution in [-0.4, -0.2) is 24.5 Å². The maximum Gasteiger partial charge on any atom is 0.573 e. The van der Waals surface area contributed by atoms with Crippen LogP contribution in [0.4, 0.5) is 18.9 Å². The van der Waals surface area contributed by atoms with Crippen LogP contribution in [0.5, 0.6) is 17.2 Å². The molecule has 0 radical (unpaired) electrons. The van der Waals surface area contributed by atoms with E-state index in [0.717, 1.165) is 12.1 Å². The third-order valence-corrected chi connectivity index (χ3v) is 4.72. The van der Waals surface area contributed by atoms with E-state index in [-0.39, 0.29) is 29.2 Å². The predicted molar refractivity (Wildman–Crippen MR) is 113 cm³/mol. The van der Waals surface area contributed by atoms with Gasteiger partial charge >= 0.3 is 12.0 Å². The van der Waals surface area contributed by atoms with Gasteiger partial charge in [0.1, 0.15) is 23.0 Å². The van der Waals surface area contributed by atoms with Crippen molar-refractivity contribution in [2.75, 3.05) is 12.4 Å². The molecule has 3 rings (SSSR count). The molecule has 3 aromatic rings. The lowest BCUT2D eigenvalue weighted by Gasteiger charge is -2.18. The normalized spacial score (nSPS) is 12.2. The molecule has 2 N–H and O–H groups in total. The van der Waals surface area contributed by atoms with Gasteiger partial charge in [-0.05, 0) is 48.9 Å². The smallest absolute Gasteiger partial charge is 0.507 e. The quantitative estimate of drug-likeness (QED) is 0.526. The molecule has 33 heavy (non-hydrogen) atoms. The van der Waals surface area contributed by atoms with E-state index in [1.54, 1.807) is 24.3 Å². The molecule has 0 bridgehead atoms. The number of anilines is 1. The third-order valence-electron chi connectivity index (χ3n) is 4.72. The number of methoxy groups -OCH3 is 1. The number of carbonyl (C=O) groups is 1. The number of halogens is 3. The fourth-order valence-corrected chi connectivity index (χ4v) is 3.29. The summed E-state index contributed by atoms with van der Waals surface area (Å²) in [6, 6.07) is 12.5. The zero-order valence-electron chi connectivity index (χ0n) is 17.6. The topological polar surface area (TPSA) is 98.0 Å². The minimum atomic E-state index is -4.83. The van der Waals surface area contributed by atoms with Crippen LogP contribution in [0.25, 0.3) is 0 Å². The second kappa shape index (κ2) is 9.68. The molecule has 0 spiro atoms. The number of rotatable bonds is 7. The lowest BCUT2D eigenvalue weighted by molar-refractivity contribution is -0.274. The standard InChI is InChI=1S/C23H20F3NO6/c1-13-11-19(28)21(22(30)32-13)18(14-3-7-16(31-2)8-4-14)12-20(29)27-15-5-9-17(10-6-15)33-23(24,25)26/h3-11,18,28H,12H2,1-2H3,(H,27,29). The molecule has 1 unspecified atom stereocenters. The lowest BCUT2D eigenvalue weighted by Crippen LogP contribution is -2.21. The Kier molecular flexibility index (Phi) is 6.95. The van der Waals surface area contributed by atoms with Crippen LogP contribution in [0.3, 0.4) is 0 Å². The highest BCUT2D eigenvalue weighted by atomic mass is 19.4. The maximum absolute atomic E-state index is 12.7. The van der Waals surface area contributed by atoms with Gasteiger partial charge < -0.3 is 24.3 Å². The van der Waals surface area contributed by atoms with Crippen molar-refractivity contribution in [2.24, 2.45) is 0 Å². The Morgan fingerprint density at radius 1 is 1.09 bits per heavy atom. The molecule has 0 saturated carbocycles. The Balaban J connectivity index is 1.86. The van der Waals surface area contributed by atoms with Gasteiger partial charge in [-0.3, -0.25) is 4.79 Å². The Labute approximate surface area is 186 Å². The third kappa shape index (κ3) is 6.28. The van der Waals surface area contributed by atoms with Gasteiger partial charge in [0, 0.05) is 24.1 Å². The van der Waals surface area contributed by atoms with Gasteiger partial charge in [0.05, 0.1) is 12.7 Å². The van der Waals surface area contributed by atoms with Crippen molar-refractivity contribution >= 4 is 11.6 Å². The Morgan fingerprint density at radius 2 is 1.70 bits per heavy atom. The second-order valence-electron chi connectivity index (χ2n) is 7.09. The number of hydrogen-bond donors (Lipinski definition) is 2. The molecular weight excluding hydrogens is 443 g/mol. The molecule has 7 nitrogen and oxygen atoms in total. The summed E-state index contributed by atoms with van der Waals surface area (Å²) in [6.07, 6.45) is -5.08.